The molecule has 8 heteroatoms. The summed E-state index contributed by atoms with van der Waals surface area (Å²) in [6.45, 7) is -0.0551. The van der Waals surface area contributed by atoms with E-state index in [1.54, 1.807) is 0 Å². The molecule has 3 N–H and O–H groups in total. The number of carbonyl (C=O) groups excluding carboxylic acids is 3. The molecule has 0 spiro atoms. The molecule has 0 aromatic heterocycles. The molecule has 6 nitrogen and oxygen atoms in total. The molecule has 1 saturated carbocycles. The van der Waals surface area contributed by atoms with Gasteiger partial charge in [-0.3, -0.25) is 14.4 Å². The number of rotatable bonds is 5. The Morgan fingerprint density at radius 2 is 1.81 bits per heavy atom. The van der Waals surface area contributed by atoms with Crippen LogP contribution in [0.15, 0.2) is 18.2 Å². The maximum absolute atomic E-state index is 13.6. The third kappa shape index (κ3) is 5.02. The average Bonchev–Trinajstić information content (AvgIpc) is 3.09. The zero-order valence-electron chi connectivity index (χ0n) is 14.9. The van der Waals surface area contributed by atoms with Crippen LogP contribution in [-0.4, -0.2) is 29.8 Å². The van der Waals surface area contributed by atoms with Gasteiger partial charge in [0.1, 0.15) is 17.7 Å². The van der Waals surface area contributed by atoms with Gasteiger partial charge >= 0.3 is 0 Å². The first-order valence-electron chi connectivity index (χ1n) is 9.23. The number of benzene rings is 1. The SMILES string of the molecule is O=C1CCC(C(=O)NC2CCC(C(=O)NCc3cc(F)ccc3F)CC2)N1. The number of halogens is 2. The van der Waals surface area contributed by atoms with Crippen LogP contribution in [-0.2, 0) is 20.9 Å². The van der Waals surface area contributed by atoms with Gasteiger partial charge in [-0.15, -0.1) is 0 Å². The van der Waals surface area contributed by atoms with Crippen LogP contribution >= 0.6 is 0 Å². The lowest BCUT2D eigenvalue weighted by molar-refractivity contribution is -0.127. The van der Waals surface area contributed by atoms with Crippen molar-refractivity contribution in [1.82, 2.24) is 16.0 Å². The molecule has 1 aromatic rings. The predicted octanol–water partition coefficient (Wildman–Crippen LogP) is 1.53. The first-order valence-corrected chi connectivity index (χ1v) is 9.23. The molecule has 2 aliphatic rings. The number of hydrogen-bond acceptors (Lipinski definition) is 3. The lowest BCUT2D eigenvalue weighted by atomic mass is 9.85. The molecular weight excluding hydrogens is 356 g/mol. The van der Waals surface area contributed by atoms with Crippen LogP contribution in [0.1, 0.15) is 44.1 Å². The van der Waals surface area contributed by atoms with Crippen LogP contribution in [0.4, 0.5) is 8.78 Å². The highest BCUT2D eigenvalue weighted by atomic mass is 19.1. The van der Waals surface area contributed by atoms with E-state index in [1.807, 2.05) is 0 Å². The summed E-state index contributed by atoms with van der Waals surface area (Å²) < 4.78 is 26.8. The van der Waals surface area contributed by atoms with Crippen LogP contribution in [0.25, 0.3) is 0 Å². The highest BCUT2D eigenvalue weighted by molar-refractivity contribution is 5.90. The summed E-state index contributed by atoms with van der Waals surface area (Å²) in [4.78, 5) is 35.6. The lowest BCUT2D eigenvalue weighted by Gasteiger charge is -2.29. The van der Waals surface area contributed by atoms with Crippen molar-refractivity contribution in [2.45, 2.75) is 57.2 Å². The van der Waals surface area contributed by atoms with Crippen molar-refractivity contribution in [2.75, 3.05) is 0 Å². The number of amides is 3. The molecule has 2 fully saturated rings. The third-order valence-electron chi connectivity index (χ3n) is 5.22. The smallest absolute Gasteiger partial charge is 0.242 e. The van der Waals surface area contributed by atoms with Crippen molar-refractivity contribution in [2.24, 2.45) is 5.92 Å². The highest BCUT2D eigenvalue weighted by Gasteiger charge is 2.31. The average molecular weight is 379 g/mol. The van der Waals surface area contributed by atoms with Gasteiger partial charge in [-0.05, 0) is 50.3 Å². The van der Waals surface area contributed by atoms with Crippen LogP contribution in [0.5, 0.6) is 0 Å². The number of nitrogens with one attached hydrogen (secondary N) is 3. The van der Waals surface area contributed by atoms with Crippen LogP contribution in [0.2, 0.25) is 0 Å². The Morgan fingerprint density at radius 1 is 1.07 bits per heavy atom. The van der Waals surface area contributed by atoms with Crippen LogP contribution in [0, 0.1) is 17.6 Å². The quantitative estimate of drug-likeness (QED) is 0.725. The molecule has 0 radical (unpaired) electrons. The molecular formula is C19H23F2N3O3. The Hall–Kier alpha value is -2.51. The molecule has 3 rings (SSSR count). The maximum atomic E-state index is 13.6. The van der Waals surface area contributed by atoms with Crippen molar-refractivity contribution in [3.05, 3.63) is 35.4 Å². The fourth-order valence-electron chi connectivity index (χ4n) is 3.62. The number of carbonyl (C=O) groups is 3. The topological polar surface area (TPSA) is 87.3 Å². The summed E-state index contributed by atoms with van der Waals surface area (Å²) in [5, 5.41) is 8.24. The van der Waals surface area contributed by atoms with E-state index in [4.69, 9.17) is 0 Å². The van der Waals surface area contributed by atoms with E-state index in [1.165, 1.54) is 0 Å². The first kappa shape index (κ1) is 19.3. The fraction of sp³-hybridized carbons (Fsp3) is 0.526. The Labute approximate surface area is 156 Å². The van der Waals surface area contributed by atoms with Crippen molar-refractivity contribution in [3.8, 4) is 0 Å². The minimum absolute atomic E-state index is 0.0142. The summed E-state index contributed by atoms with van der Waals surface area (Å²) in [7, 11) is 0. The van der Waals surface area contributed by atoms with Gasteiger partial charge in [0.05, 0.1) is 0 Å². The molecule has 1 unspecified atom stereocenters. The maximum Gasteiger partial charge on any atom is 0.242 e. The monoisotopic (exact) mass is 379 g/mol. The Bertz CT molecular complexity index is 733. The normalized spacial score (nSPS) is 25.0. The predicted molar refractivity (Wildman–Crippen MR) is 93.3 cm³/mol. The van der Waals surface area contributed by atoms with Gasteiger partial charge in [0.2, 0.25) is 17.7 Å². The second kappa shape index (κ2) is 8.45. The van der Waals surface area contributed by atoms with Gasteiger partial charge in [-0.25, -0.2) is 8.78 Å². The minimum atomic E-state index is -0.554. The van der Waals surface area contributed by atoms with E-state index in [2.05, 4.69) is 16.0 Å². The summed E-state index contributed by atoms with van der Waals surface area (Å²) in [6, 6.07) is 2.67. The molecule has 0 bridgehead atoms. The van der Waals surface area contributed by atoms with Gasteiger partial charge in [0, 0.05) is 30.5 Å². The standard InChI is InChI=1S/C19H23F2N3O3/c20-13-3-6-15(21)12(9-13)10-22-18(26)11-1-4-14(5-2-11)23-19(27)16-7-8-17(25)24-16/h3,6,9,11,14,16H,1-2,4-5,7-8,10H2,(H,22,26)(H,23,27)(H,24,25). The molecule has 1 atom stereocenters. The Kier molecular flexibility index (Phi) is 6.03. The zero-order chi connectivity index (χ0) is 19.4. The van der Waals surface area contributed by atoms with E-state index >= 15 is 0 Å². The van der Waals surface area contributed by atoms with Gasteiger partial charge < -0.3 is 16.0 Å². The summed E-state index contributed by atoms with van der Waals surface area (Å²) in [5.74, 6) is -1.77. The second-order valence-electron chi connectivity index (χ2n) is 7.17. The van der Waals surface area contributed by atoms with Crippen molar-refractivity contribution < 1.29 is 23.2 Å². The van der Waals surface area contributed by atoms with E-state index in [0.717, 1.165) is 18.2 Å². The van der Waals surface area contributed by atoms with Crippen LogP contribution < -0.4 is 16.0 Å². The lowest BCUT2D eigenvalue weighted by Crippen LogP contribution is -2.47. The summed E-state index contributed by atoms with van der Waals surface area (Å²) >= 11 is 0. The molecule has 1 aliphatic carbocycles. The molecule has 146 valence electrons. The first-order chi connectivity index (χ1) is 12.9. The van der Waals surface area contributed by atoms with Gasteiger partial charge in [0.25, 0.3) is 0 Å². The van der Waals surface area contributed by atoms with E-state index in [-0.39, 0.29) is 41.8 Å². The molecule has 1 heterocycles. The summed E-state index contributed by atoms with van der Waals surface area (Å²) in [6.07, 6.45) is 3.44. The highest BCUT2D eigenvalue weighted by Crippen LogP contribution is 2.25. The van der Waals surface area contributed by atoms with E-state index < -0.39 is 17.7 Å². The molecule has 1 aromatic carbocycles. The van der Waals surface area contributed by atoms with Gasteiger partial charge in [0.15, 0.2) is 0 Å². The van der Waals surface area contributed by atoms with Gasteiger partial charge in [-0.2, -0.15) is 0 Å². The van der Waals surface area contributed by atoms with Crippen molar-refractivity contribution >= 4 is 17.7 Å². The number of hydrogen-bond donors (Lipinski definition) is 3. The zero-order valence-corrected chi connectivity index (χ0v) is 14.9. The third-order valence-corrected chi connectivity index (χ3v) is 5.22. The summed E-state index contributed by atoms with van der Waals surface area (Å²) in [5.41, 5.74) is 0.114. The minimum Gasteiger partial charge on any atom is -0.352 e. The fourth-order valence-corrected chi connectivity index (χ4v) is 3.62. The van der Waals surface area contributed by atoms with E-state index in [0.29, 0.717) is 38.5 Å². The van der Waals surface area contributed by atoms with E-state index in [9.17, 15) is 23.2 Å². The van der Waals surface area contributed by atoms with Crippen molar-refractivity contribution in [1.29, 1.82) is 0 Å². The second-order valence-corrected chi connectivity index (χ2v) is 7.17. The Morgan fingerprint density at radius 3 is 2.48 bits per heavy atom. The Balaban J connectivity index is 1.42. The molecule has 3 amide bonds. The molecule has 27 heavy (non-hydrogen) atoms. The molecule has 1 aliphatic heterocycles. The van der Waals surface area contributed by atoms with Gasteiger partial charge in [-0.1, -0.05) is 0 Å². The molecule has 1 saturated heterocycles. The largest absolute Gasteiger partial charge is 0.352 e. The van der Waals surface area contributed by atoms with Crippen molar-refractivity contribution in [3.63, 3.8) is 0 Å². The van der Waals surface area contributed by atoms with Crippen LogP contribution in [0.3, 0.4) is 0 Å².